The highest BCUT2D eigenvalue weighted by Gasteiger charge is 2.17. The highest BCUT2D eigenvalue weighted by atomic mass is 79.9. The van der Waals surface area contributed by atoms with E-state index in [0.717, 1.165) is 31.0 Å². The van der Waals surface area contributed by atoms with Gasteiger partial charge in [0.05, 0.1) is 6.61 Å². The summed E-state index contributed by atoms with van der Waals surface area (Å²) < 4.78 is 6.67. The summed E-state index contributed by atoms with van der Waals surface area (Å²) in [5.41, 5.74) is 3.51. The molecule has 0 fully saturated rings. The Kier molecular flexibility index (Phi) is 2.28. The number of rotatable bonds is 0. The number of pyridine rings is 1. The molecule has 2 nitrogen and oxygen atoms in total. The topological polar surface area (TPSA) is 22.1 Å². The lowest BCUT2D eigenvalue weighted by Gasteiger charge is -2.19. The van der Waals surface area contributed by atoms with Crippen LogP contribution in [0.5, 0.6) is 5.88 Å². The number of nitrogens with zero attached hydrogens (tertiary/aromatic N) is 1. The zero-order chi connectivity index (χ0) is 9.42. The van der Waals surface area contributed by atoms with Crippen LogP contribution in [0.2, 0.25) is 0 Å². The van der Waals surface area contributed by atoms with Crippen LogP contribution in [-0.4, -0.2) is 11.6 Å². The average molecular weight is 242 g/mol. The van der Waals surface area contributed by atoms with Crippen molar-refractivity contribution >= 4 is 15.9 Å². The molecule has 0 spiro atoms. The van der Waals surface area contributed by atoms with Crippen LogP contribution in [0.1, 0.15) is 23.2 Å². The minimum Gasteiger partial charge on any atom is -0.477 e. The van der Waals surface area contributed by atoms with Crippen LogP contribution >= 0.6 is 15.9 Å². The van der Waals surface area contributed by atoms with Crippen LogP contribution in [-0.2, 0) is 6.42 Å². The highest BCUT2D eigenvalue weighted by Crippen LogP contribution is 2.33. The fourth-order valence-corrected chi connectivity index (χ4v) is 2.19. The van der Waals surface area contributed by atoms with Gasteiger partial charge in [-0.1, -0.05) is 0 Å². The van der Waals surface area contributed by atoms with Gasteiger partial charge in [0.15, 0.2) is 0 Å². The molecule has 0 atom stereocenters. The van der Waals surface area contributed by atoms with Crippen molar-refractivity contribution in [1.29, 1.82) is 0 Å². The Morgan fingerprint density at radius 3 is 2.92 bits per heavy atom. The second kappa shape index (κ2) is 3.29. The predicted molar refractivity (Wildman–Crippen MR) is 55.2 cm³/mol. The molecule has 1 aromatic heterocycles. The number of halogens is 1. The summed E-state index contributed by atoms with van der Waals surface area (Å²) in [4.78, 5) is 4.42. The van der Waals surface area contributed by atoms with Crippen molar-refractivity contribution in [1.82, 2.24) is 4.98 Å². The molecule has 0 saturated heterocycles. The molecule has 2 rings (SSSR count). The normalized spacial score (nSPS) is 15.0. The molecule has 2 heterocycles. The molecule has 70 valence electrons. The van der Waals surface area contributed by atoms with Gasteiger partial charge in [-0.25, -0.2) is 4.98 Å². The molecule has 13 heavy (non-hydrogen) atoms. The fourth-order valence-electron chi connectivity index (χ4n) is 1.54. The maximum atomic E-state index is 5.50. The van der Waals surface area contributed by atoms with Crippen LogP contribution in [0.4, 0.5) is 0 Å². The summed E-state index contributed by atoms with van der Waals surface area (Å²) in [6.45, 7) is 4.90. The largest absolute Gasteiger partial charge is 0.477 e. The first-order chi connectivity index (χ1) is 6.20. The van der Waals surface area contributed by atoms with Gasteiger partial charge < -0.3 is 4.74 Å². The summed E-state index contributed by atoms with van der Waals surface area (Å²) >= 11 is 3.60. The van der Waals surface area contributed by atoms with Gasteiger partial charge in [0, 0.05) is 15.7 Å². The van der Waals surface area contributed by atoms with E-state index >= 15 is 0 Å². The molecule has 0 saturated carbocycles. The summed E-state index contributed by atoms with van der Waals surface area (Å²) in [5, 5.41) is 0. The van der Waals surface area contributed by atoms with E-state index in [0.29, 0.717) is 0 Å². The van der Waals surface area contributed by atoms with E-state index < -0.39 is 0 Å². The second-order valence-electron chi connectivity index (χ2n) is 3.37. The molecule has 1 aromatic rings. The molecular formula is C10H12BrNO. The quantitative estimate of drug-likeness (QED) is 0.697. The first-order valence-electron chi connectivity index (χ1n) is 4.48. The van der Waals surface area contributed by atoms with Crippen LogP contribution in [0, 0.1) is 13.8 Å². The standard InChI is InChI=1S/C10H12BrNO/c1-6-7(2)12-10-8(9(6)11)4-3-5-13-10/h3-5H2,1-2H3. The Hall–Kier alpha value is -0.570. The van der Waals surface area contributed by atoms with Crippen LogP contribution in [0.15, 0.2) is 4.47 Å². The lowest BCUT2D eigenvalue weighted by Crippen LogP contribution is -2.12. The third kappa shape index (κ3) is 1.46. The second-order valence-corrected chi connectivity index (χ2v) is 4.16. The molecule has 0 N–H and O–H groups in total. The lowest BCUT2D eigenvalue weighted by molar-refractivity contribution is 0.275. The van der Waals surface area contributed by atoms with Gasteiger partial charge >= 0.3 is 0 Å². The minimum absolute atomic E-state index is 0.801. The number of hydrogen-bond acceptors (Lipinski definition) is 2. The third-order valence-electron chi connectivity index (χ3n) is 2.47. The van der Waals surface area contributed by atoms with Gasteiger partial charge in [-0.2, -0.15) is 0 Å². The summed E-state index contributed by atoms with van der Waals surface area (Å²) in [7, 11) is 0. The maximum absolute atomic E-state index is 5.50. The Morgan fingerprint density at radius 2 is 2.15 bits per heavy atom. The first kappa shape index (κ1) is 9.00. The Balaban J connectivity index is 2.60. The smallest absolute Gasteiger partial charge is 0.217 e. The van der Waals surface area contributed by atoms with Gasteiger partial charge in [0.25, 0.3) is 0 Å². The van der Waals surface area contributed by atoms with Crippen molar-refractivity contribution in [2.45, 2.75) is 26.7 Å². The minimum atomic E-state index is 0.801. The molecule has 3 heteroatoms. The van der Waals surface area contributed by atoms with E-state index in [9.17, 15) is 0 Å². The summed E-state index contributed by atoms with van der Waals surface area (Å²) in [5.74, 6) is 0.821. The number of hydrogen-bond donors (Lipinski definition) is 0. The predicted octanol–water partition coefficient (Wildman–Crippen LogP) is 2.79. The van der Waals surface area contributed by atoms with Crippen LogP contribution in [0.25, 0.3) is 0 Å². The van der Waals surface area contributed by atoms with Crippen molar-refractivity contribution in [2.24, 2.45) is 0 Å². The van der Waals surface area contributed by atoms with Crippen LogP contribution in [0.3, 0.4) is 0 Å². The number of ether oxygens (including phenoxy) is 1. The van der Waals surface area contributed by atoms with Crippen LogP contribution < -0.4 is 4.74 Å². The number of fused-ring (bicyclic) bond motifs is 1. The number of aromatic nitrogens is 1. The van der Waals surface area contributed by atoms with E-state index in [2.05, 4.69) is 27.8 Å². The Bertz CT molecular complexity index is 349. The molecular weight excluding hydrogens is 230 g/mol. The third-order valence-corrected chi connectivity index (χ3v) is 3.55. The van der Waals surface area contributed by atoms with Crippen molar-refractivity contribution in [3.63, 3.8) is 0 Å². The fraction of sp³-hybridized carbons (Fsp3) is 0.500. The van der Waals surface area contributed by atoms with Gasteiger partial charge in [-0.05, 0) is 48.2 Å². The van der Waals surface area contributed by atoms with E-state index in [1.165, 1.54) is 15.6 Å². The zero-order valence-electron chi connectivity index (χ0n) is 7.85. The molecule has 0 aliphatic carbocycles. The van der Waals surface area contributed by atoms with E-state index in [1.54, 1.807) is 0 Å². The van der Waals surface area contributed by atoms with E-state index in [4.69, 9.17) is 4.74 Å². The van der Waals surface area contributed by atoms with E-state index in [-0.39, 0.29) is 0 Å². The number of aryl methyl sites for hydroxylation is 1. The molecule has 0 amide bonds. The summed E-state index contributed by atoms with van der Waals surface area (Å²) in [6.07, 6.45) is 2.17. The lowest BCUT2D eigenvalue weighted by atomic mass is 10.1. The molecule has 0 bridgehead atoms. The Labute approximate surface area is 86.5 Å². The average Bonchev–Trinajstić information content (AvgIpc) is 2.15. The molecule has 1 aliphatic heterocycles. The van der Waals surface area contributed by atoms with Gasteiger partial charge in [-0.15, -0.1) is 0 Å². The SMILES string of the molecule is Cc1nc2c(c(Br)c1C)CCCO2. The monoisotopic (exact) mass is 241 g/mol. The van der Waals surface area contributed by atoms with Crippen molar-refractivity contribution < 1.29 is 4.74 Å². The van der Waals surface area contributed by atoms with Crippen molar-refractivity contribution in [2.75, 3.05) is 6.61 Å². The van der Waals surface area contributed by atoms with E-state index in [1.807, 2.05) is 6.92 Å². The molecule has 0 aromatic carbocycles. The first-order valence-corrected chi connectivity index (χ1v) is 5.28. The molecule has 0 radical (unpaired) electrons. The highest BCUT2D eigenvalue weighted by molar-refractivity contribution is 9.10. The van der Waals surface area contributed by atoms with Crippen molar-refractivity contribution in [3.05, 3.63) is 21.3 Å². The van der Waals surface area contributed by atoms with Gasteiger partial charge in [0.1, 0.15) is 0 Å². The molecule has 1 aliphatic rings. The summed E-state index contributed by atoms with van der Waals surface area (Å²) in [6, 6.07) is 0. The van der Waals surface area contributed by atoms with Crippen molar-refractivity contribution in [3.8, 4) is 5.88 Å². The van der Waals surface area contributed by atoms with Gasteiger partial charge in [0.2, 0.25) is 5.88 Å². The maximum Gasteiger partial charge on any atom is 0.217 e. The Morgan fingerprint density at radius 1 is 1.38 bits per heavy atom. The molecule has 0 unspecified atom stereocenters. The van der Waals surface area contributed by atoms with Gasteiger partial charge in [-0.3, -0.25) is 0 Å². The zero-order valence-corrected chi connectivity index (χ0v) is 9.44.